The van der Waals surface area contributed by atoms with Crippen molar-refractivity contribution in [2.24, 2.45) is 0 Å². The zero-order valence-corrected chi connectivity index (χ0v) is 14.6. The number of rotatable bonds is 7. The highest BCUT2D eigenvalue weighted by atomic mass is 19.1. The molecule has 3 nitrogen and oxygen atoms in total. The lowest BCUT2D eigenvalue weighted by atomic mass is 10.1. The molecule has 0 fully saturated rings. The van der Waals surface area contributed by atoms with E-state index < -0.39 is 5.97 Å². The lowest BCUT2D eigenvalue weighted by Gasteiger charge is -2.24. The molecule has 26 heavy (non-hydrogen) atoms. The molecule has 0 saturated heterocycles. The van der Waals surface area contributed by atoms with Crippen molar-refractivity contribution in [1.82, 2.24) is 4.90 Å². The lowest BCUT2D eigenvalue weighted by molar-refractivity contribution is 0.0697. The zero-order valence-electron chi connectivity index (χ0n) is 14.6. The summed E-state index contributed by atoms with van der Waals surface area (Å²) >= 11 is 0. The molecule has 1 N–H and O–H groups in total. The van der Waals surface area contributed by atoms with Crippen LogP contribution < -0.4 is 0 Å². The summed E-state index contributed by atoms with van der Waals surface area (Å²) in [6.45, 7) is 2.20. The molecule has 0 atom stereocenters. The summed E-state index contributed by atoms with van der Waals surface area (Å²) in [5.74, 6) is -1.15. The fourth-order valence-electron chi connectivity index (χ4n) is 3.07. The molecule has 2 aromatic carbocycles. The third kappa shape index (κ3) is 5.14. The molecule has 0 radical (unpaired) electrons. The number of allylic oxidation sites excluding steroid dienone is 2. The number of hydrogen-bond acceptors (Lipinski definition) is 2. The predicted octanol–water partition coefficient (Wildman–Crippen LogP) is 4.80. The van der Waals surface area contributed by atoms with Crippen molar-refractivity contribution in [3.8, 4) is 0 Å². The van der Waals surface area contributed by atoms with Crippen molar-refractivity contribution >= 4 is 5.97 Å². The van der Waals surface area contributed by atoms with E-state index in [4.69, 9.17) is 5.11 Å². The smallest absolute Gasteiger partial charge is 0.335 e. The molecular formula is C22H22FNO2. The van der Waals surface area contributed by atoms with E-state index >= 15 is 0 Å². The molecule has 1 aliphatic rings. The van der Waals surface area contributed by atoms with Crippen LogP contribution in [0.2, 0.25) is 0 Å². The van der Waals surface area contributed by atoms with E-state index in [9.17, 15) is 9.18 Å². The first-order valence-corrected chi connectivity index (χ1v) is 8.75. The first kappa shape index (κ1) is 18.1. The highest BCUT2D eigenvalue weighted by Gasteiger charge is 2.11. The Hall–Kier alpha value is -2.72. The van der Waals surface area contributed by atoms with Gasteiger partial charge in [-0.05, 0) is 53.8 Å². The van der Waals surface area contributed by atoms with Gasteiger partial charge in [0, 0.05) is 19.6 Å². The maximum absolute atomic E-state index is 13.2. The van der Waals surface area contributed by atoms with Crippen molar-refractivity contribution in [3.63, 3.8) is 0 Å². The third-order valence-electron chi connectivity index (χ3n) is 4.40. The summed E-state index contributed by atoms with van der Waals surface area (Å²) in [5, 5.41) is 9.04. The second-order valence-corrected chi connectivity index (χ2v) is 6.53. The third-order valence-corrected chi connectivity index (χ3v) is 4.40. The van der Waals surface area contributed by atoms with E-state index in [1.807, 2.05) is 12.1 Å². The molecule has 3 rings (SSSR count). The van der Waals surface area contributed by atoms with Crippen molar-refractivity contribution in [2.75, 3.05) is 6.54 Å². The number of nitrogens with zero attached hydrogens (tertiary/aromatic N) is 1. The van der Waals surface area contributed by atoms with Gasteiger partial charge in [-0.15, -0.1) is 0 Å². The topological polar surface area (TPSA) is 40.5 Å². The lowest BCUT2D eigenvalue weighted by Crippen LogP contribution is -2.25. The Morgan fingerprint density at radius 2 is 1.54 bits per heavy atom. The number of aromatic carboxylic acids is 1. The molecule has 0 aromatic heterocycles. The maximum atomic E-state index is 13.2. The number of hydrogen-bond donors (Lipinski definition) is 1. The van der Waals surface area contributed by atoms with E-state index in [1.54, 1.807) is 24.3 Å². The molecule has 0 spiro atoms. The molecule has 4 heteroatoms. The monoisotopic (exact) mass is 351 g/mol. The Bertz CT molecular complexity index is 807. The van der Waals surface area contributed by atoms with Gasteiger partial charge in [0.2, 0.25) is 0 Å². The summed E-state index contributed by atoms with van der Waals surface area (Å²) in [6.07, 6.45) is 8.74. The molecule has 2 aromatic rings. The number of carboxylic acid groups (broad SMARTS) is 1. The van der Waals surface area contributed by atoms with Crippen molar-refractivity contribution in [2.45, 2.75) is 25.9 Å². The van der Waals surface area contributed by atoms with E-state index in [2.05, 4.69) is 23.1 Å². The van der Waals surface area contributed by atoms with Gasteiger partial charge in [0.25, 0.3) is 0 Å². The minimum Gasteiger partial charge on any atom is -0.478 e. The SMILES string of the molecule is O=C(O)c1ccc(CN(CC2=CCCC=C2)Cc2ccc(F)cc2)cc1. The summed E-state index contributed by atoms with van der Waals surface area (Å²) in [4.78, 5) is 13.3. The predicted molar refractivity (Wildman–Crippen MR) is 100 cm³/mol. The molecule has 0 unspecified atom stereocenters. The fourth-order valence-corrected chi connectivity index (χ4v) is 3.07. The maximum Gasteiger partial charge on any atom is 0.335 e. The van der Waals surface area contributed by atoms with Gasteiger partial charge in [0.1, 0.15) is 5.82 Å². The van der Waals surface area contributed by atoms with E-state index in [0.29, 0.717) is 13.1 Å². The Kier molecular flexibility index (Phi) is 5.97. The first-order valence-electron chi connectivity index (χ1n) is 8.75. The van der Waals surface area contributed by atoms with Gasteiger partial charge in [0.05, 0.1) is 5.56 Å². The van der Waals surface area contributed by atoms with Crippen molar-refractivity contribution in [1.29, 1.82) is 0 Å². The molecular weight excluding hydrogens is 329 g/mol. The van der Waals surface area contributed by atoms with Crippen LogP contribution in [0.5, 0.6) is 0 Å². The normalized spacial score (nSPS) is 13.7. The van der Waals surface area contributed by atoms with Gasteiger partial charge in [0.15, 0.2) is 0 Å². The van der Waals surface area contributed by atoms with Gasteiger partial charge in [-0.25, -0.2) is 9.18 Å². The van der Waals surface area contributed by atoms with Crippen LogP contribution in [0, 0.1) is 5.82 Å². The van der Waals surface area contributed by atoms with Crippen LogP contribution in [0.3, 0.4) is 0 Å². The first-order chi connectivity index (χ1) is 12.6. The number of halogens is 1. The quantitative estimate of drug-likeness (QED) is 0.779. The number of carbonyl (C=O) groups is 1. The molecule has 0 amide bonds. The van der Waals surface area contributed by atoms with Crippen LogP contribution in [0.15, 0.2) is 72.3 Å². The van der Waals surface area contributed by atoms with Crippen LogP contribution in [0.25, 0.3) is 0 Å². The summed E-state index contributed by atoms with van der Waals surface area (Å²) < 4.78 is 13.2. The number of benzene rings is 2. The van der Waals surface area contributed by atoms with Gasteiger partial charge in [-0.2, -0.15) is 0 Å². The van der Waals surface area contributed by atoms with Crippen LogP contribution in [-0.2, 0) is 13.1 Å². The zero-order chi connectivity index (χ0) is 18.4. The van der Waals surface area contributed by atoms with Crippen molar-refractivity contribution in [3.05, 3.63) is 94.8 Å². The largest absolute Gasteiger partial charge is 0.478 e. The second-order valence-electron chi connectivity index (χ2n) is 6.53. The molecule has 134 valence electrons. The molecule has 0 saturated carbocycles. The molecule has 0 aliphatic heterocycles. The van der Waals surface area contributed by atoms with Crippen LogP contribution in [0.4, 0.5) is 4.39 Å². The molecule has 1 aliphatic carbocycles. The summed E-state index contributed by atoms with van der Waals surface area (Å²) in [7, 11) is 0. The molecule has 0 bridgehead atoms. The summed E-state index contributed by atoms with van der Waals surface area (Å²) in [5.41, 5.74) is 3.67. The van der Waals surface area contributed by atoms with Crippen LogP contribution in [-0.4, -0.2) is 22.5 Å². The van der Waals surface area contributed by atoms with Crippen molar-refractivity contribution < 1.29 is 14.3 Å². The highest BCUT2D eigenvalue weighted by Crippen LogP contribution is 2.17. The fraction of sp³-hybridized carbons (Fsp3) is 0.227. The van der Waals surface area contributed by atoms with Gasteiger partial charge in [-0.3, -0.25) is 4.90 Å². The highest BCUT2D eigenvalue weighted by molar-refractivity contribution is 5.87. The Labute approximate surface area is 153 Å². The standard InChI is InChI=1S/C22H22FNO2/c23-21-12-8-19(9-13-21)16-24(14-17-4-2-1-3-5-17)15-18-6-10-20(11-7-18)22(25)26/h2,4-13H,1,3,14-16H2,(H,25,26). The van der Waals surface area contributed by atoms with E-state index in [0.717, 1.165) is 30.5 Å². The van der Waals surface area contributed by atoms with Crippen LogP contribution in [0.1, 0.15) is 34.3 Å². The Balaban J connectivity index is 1.74. The van der Waals surface area contributed by atoms with Crippen LogP contribution >= 0.6 is 0 Å². The van der Waals surface area contributed by atoms with Gasteiger partial charge in [-0.1, -0.05) is 42.5 Å². The van der Waals surface area contributed by atoms with Gasteiger partial charge >= 0.3 is 5.97 Å². The average Bonchev–Trinajstić information content (AvgIpc) is 2.65. The Morgan fingerprint density at radius 1 is 0.923 bits per heavy atom. The minimum atomic E-state index is -0.919. The minimum absolute atomic E-state index is 0.234. The Morgan fingerprint density at radius 3 is 2.08 bits per heavy atom. The summed E-state index contributed by atoms with van der Waals surface area (Å²) in [6, 6.07) is 13.5. The van der Waals surface area contributed by atoms with E-state index in [1.165, 1.54) is 17.7 Å². The van der Waals surface area contributed by atoms with Gasteiger partial charge < -0.3 is 5.11 Å². The second kappa shape index (κ2) is 8.59. The van der Waals surface area contributed by atoms with E-state index in [-0.39, 0.29) is 11.4 Å². The molecule has 0 heterocycles. The average molecular weight is 351 g/mol. The number of carboxylic acids is 1.